The van der Waals surface area contributed by atoms with Crippen LogP contribution in [0, 0.1) is 0 Å². The molecule has 3 heteroatoms. The van der Waals surface area contributed by atoms with Gasteiger partial charge in [0.25, 0.3) is 0 Å². The molecule has 0 aromatic heterocycles. The van der Waals surface area contributed by atoms with E-state index in [1.165, 1.54) is 0 Å². The molecule has 0 saturated carbocycles. The van der Waals surface area contributed by atoms with Crippen LogP contribution in [0.1, 0.15) is 27.7 Å². The van der Waals surface area contributed by atoms with E-state index in [-0.39, 0.29) is 29.9 Å². The van der Waals surface area contributed by atoms with Gasteiger partial charge in [0.15, 0.2) is 0 Å². The van der Waals surface area contributed by atoms with Crippen molar-refractivity contribution >= 4 is 49.7 Å². The topological polar surface area (TPSA) is 0 Å². The average Bonchev–Trinajstić information content (AvgIpc) is 2.02. The molecule has 0 unspecified atom stereocenters. The molecule has 0 spiro atoms. The second-order valence-electron chi connectivity index (χ2n) is 5.05. The predicted octanol–water partition coefficient (Wildman–Crippen LogP) is 5.09. The molecule has 0 aliphatic carbocycles. The molecule has 0 saturated heterocycles. The molecule has 15 heavy (non-hydrogen) atoms. The quantitative estimate of drug-likeness (QED) is 0.524. The van der Waals surface area contributed by atoms with E-state index in [4.69, 9.17) is 0 Å². The standard InChI is InChI=1S/C7H17Si.5CH3.2Sn/c1-6(2)8(5)7(3)4;;;;;;;/h6-7H,1-5H3;5*1H3;;. The molecular weight excluding hydrogens is 410 g/mol. The van der Waals surface area contributed by atoms with Crippen molar-refractivity contribution < 1.29 is 0 Å². The Kier molecular flexibility index (Phi) is 23.2. The minimum atomic E-state index is -0.543. The molecule has 0 nitrogen and oxygen atoms in total. The first-order valence-corrected chi connectivity index (χ1v) is 22.3. The van der Waals surface area contributed by atoms with Crippen LogP contribution in [0.5, 0.6) is 0 Å². The van der Waals surface area contributed by atoms with E-state index in [9.17, 15) is 0 Å². The van der Waals surface area contributed by atoms with Gasteiger partial charge in [-0.1, -0.05) is 45.3 Å². The Morgan fingerprint density at radius 3 is 1.00 bits per heavy atom. The first-order valence-electron chi connectivity index (χ1n) is 5.89. The van der Waals surface area contributed by atoms with Crippen molar-refractivity contribution in [2.75, 3.05) is 0 Å². The Morgan fingerprint density at radius 2 is 1.00 bits per heavy atom. The summed E-state index contributed by atoms with van der Waals surface area (Å²) < 4.78 is 0. The van der Waals surface area contributed by atoms with E-state index in [2.05, 4.69) is 58.9 Å². The van der Waals surface area contributed by atoms with E-state index in [1.54, 1.807) is 0 Å². The molecular formula is C12H32SiSn2. The summed E-state index contributed by atoms with van der Waals surface area (Å²) in [6.07, 6.45) is 0. The first-order chi connectivity index (χ1) is 6.70. The van der Waals surface area contributed by atoms with Crippen molar-refractivity contribution in [3.63, 3.8) is 0 Å². The summed E-state index contributed by atoms with van der Waals surface area (Å²) in [5, 5.41) is 0. The van der Waals surface area contributed by atoms with Crippen LogP contribution in [0.3, 0.4) is 0 Å². The Labute approximate surface area is 119 Å². The minimum absolute atomic E-state index is 0.0237. The third kappa shape index (κ3) is 31.3. The van der Waals surface area contributed by atoms with E-state index < -0.39 is 19.8 Å². The van der Waals surface area contributed by atoms with Crippen LogP contribution in [0.4, 0.5) is 0 Å². The zero-order valence-corrected chi connectivity index (χ0v) is 19.4. The van der Waals surface area contributed by atoms with Crippen molar-refractivity contribution in [3.05, 3.63) is 0 Å². The summed E-state index contributed by atoms with van der Waals surface area (Å²) in [5.74, 6) is 0. The number of hydrogen-bond donors (Lipinski definition) is 0. The van der Waals surface area contributed by atoms with Crippen molar-refractivity contribution in [2.24, 2.45) is 0 Å². The predicted molar refractivity (Wildman–Crippen MR) is 82.6 cm³/mol. The zero-order chi connectivity index (χ0) is 13.0. The van der Waals surface area contributed by atoms with Gasteiger partial charge in [0.2, 0.25) is 0 Å². The Hall–Kier alpha value is 1.81. The summed E-state index contributed by atoms with van der Waals surface area (Å²) in [6.45, 7) is 11.7. The van der Waals surface area contributed by atoms with Gasteiger partial charge >= 0.3 is 65.6 Å². The van der Waals surface area contributed by atoms with Gasteiger partial charge in [-0.2, -0.15) is 0 Å². The maximum atomic E-state index is 2.42. The van der Waals surface area contributed by atoms with Crippen molar-refractivity contribution in [1.29, 1.82) is 0 Å². The van der Waals surface area contributed by atoms with Gasteiger partial charge in [-0.05, 0) is 0 Å². The molecule has 0 atom stereocenters. The van der Waals surface area contributed by atoms with Gasteiger partial charge in [0.1, 0.15) is 0 Å². The van der Waals surface area contributed by atoms with Gasteiger partial charge in [-0.15, -0.1) is 0 Å². The molecule has 0 N–H and O–H groups in total. The fourth-order valence-corrected chi connectivity index (χ4v) is 2.00. The SMILES string of the molecule is CC(C)[Si](C)C(C)C.[CH3][Sn]([CH3])[CH3].[CH3][Sn][CH3]. The van der Waals surface area contributed by atoms with E-state index in [0.717, 1.165) is 11.1 Å². The Balaban J connectivity index is -0.000000173. The number of hydrogen-bond acceptors (Lipinski definition) is 0. The summed E-state index contributed by atoms with van der Waals surface area (Å²) in [7, 11) is -0.0237. The average molecular weight is 442 g/mol. The van der Waals surface area contributed by atoms with E-state index in [0.29, 0.717) is 0 Å². The summed E-state index contributed by atoms with van der Waals surface area (Å²) in [5.41, 5.74) is 1.89. The molecule has 0 aliphatic rings. The monoisotopic (exact) mass is 444 g/mol. The summed E-state index contributed by atoms with van der Waals surface area (Å²) in [4.78, 5) is 11.7. The van der Waals surface area contributed by atoms with E-state index >= 15 is 0 Å². The van der Waals surface area contributed by atoms with Crippen molar-refractivity contribution in [2.45, 2.75) is 70.0 Å². The molecule has 0 aromatic carbocycles. The van der Waals surface area contributed by atoms with Crippen LogP contribution in [0.25, 0.3) is 0 Å². The van der Waals surface area contributed by atoms with Crippen molar-refractivity contribution in [3.8, 4) is 0 Å². The van der Waals surface area contributed by atoms with Crippen LogP contribution >= 0.6 is 0 Å². The fraction of sp³-hybridized carbons (Fsp3) is 1.00. The first kappa shape index (κ1) is 22.0. The second kappa shape index (κ2) is 15.8. The van der Waals surface area contributed by atoms with Gasteiger partial charge in [-0.25, -0.2) is 0 Å². The molecule has 92 valence electrons. The molecule has 0 fully saturated rings. The fourth-order valence-electron chi connectivity index (χ4n) is 0.667. The van der Waals surface area contributed by atoms with Crippen molar-refractivity contribution in [1.82, 2.24) is 0 Å². The van der Waals surface area contributed by atoms with Gasteiger partial charge in [0.05, 0.1) is 8.80 Å². The Bertz CT molecular complexity index is 93.0. The molecule has 0 bridgehead atoms. The van der Waals surface area contributed by atoms with Gasteiger partial charge in [-0.3, -0.25) is 0 Å². The maximum absolute atomic E-state index is 2.42. The molecule has 0 rings (SSSR count). The second-order valence-corrected chi connectivity index (χ2v) is 20.3. The molecule has 4 radical (unpaired) electrons. The third-order valence-electron chi connectivity index (χ3n) is 1.82. The summed E-state index contributed by atoms with van der Waals surface area (Å²) >= 11 is -0.313. The van der Waals surface area contributed by atoms with Crippen LogP contribution in [0.2, 0.25) is 42.3 Å². The normalized spacial score (nSPS) is 10.0. The van der Waals surface area contributed by atoms with Gasteiger partial charge < -0.3 is 0 Å². The molecule has 0 heterocycles. The number of rotatable bonds is 2. The van der Waals surface area contributed by atoms with Gasteiger partial charge in [0, 0.05) is 0 Å². The third-order valence-corrected chi connectivity index (χ3v) is 5.46. The molecule has 0 amide bonds. The van der Waals surface area contributed by atoms with Crippen LogP contribution in [0.15, 0.2) is 0 Å². The van der Waals surface area contributed by atoms with Crippen LogP contribution in [-0.2, 0) is 0 Å². The van der Waals surface area contributed by atoms with E-state index in [1.807, 2.05) is 0 Å². The zero-order valence-electron chi connectivity index (χ0n) is 12.7. The molecule has 0 aromatic rings. The molecule has 0 aliphatic heterocycles. The van der Waals surface area contributed by atoms with Crippen LogP contribution < -0.4 is 0 Å². The Morgan fingerprint density at radius 1 is 0.867 bits per heavy atom. The summed E-state index contributed by atoms with van der Waals surface area (Å²) in [6, 6.07) is 0. The van der Waals surface area contributed by atoms with Crippen LogP contribution in [-0.4, -0.2) is 49.7 Å².